The number of benzene rings is 1. The first-order valence-electron chi connectivity index (χ1n) is 13.0. The molecule has 1 fully saturated rings. The van der Waals surface area contributed by atoms with Crippen LogP contribution in [0.1, 0.15) is 20.8 Å². The molecule has 0 saturated carbocycles. The number of piperazine rings is 1. The fourth-order valence-electron chi connectivity index (χ4n) is 4.61. The number of ether oxygens (including phenoxy) is 3. The maximum Gasteiger partial charge on any atom is 0.410 e. The SMILES string of the molecule is COc1cccc(OC)c1-c1cc2cc(NC(=O)NCCN3CCN(C(=O)OC(C)(C)C)CC3)ncc2n1C. The molecule has 11 heteroatoms. The number of hydrogen-bond donors (Lipinski definition) is 2. The second-order valence-electron chi connectivity index (χ2n) is 10.4. The van der Waals surface area contributed by atoms with Crippen molar-refractivity contribution in [3.05, 3.63) is 36.5 Å². The maximum absolute atomic E-state index is 12.5. The number of fused-ring (bicyclic) bond motifs is 1. The van der Waals surface area contributed by atoms with E-state index in [1.54, 1.807) is 25.3 Å². The first-order valence-corrected chi connectivity index (χ1v) is 13.0. The highest BCUT2D eigenvalue weighted by Gasteiger charge is 2.25. The normalized spacial score (nSPS) is 14.3. The van der Waals surface area contributed by atoms with E-state index < -0.39 is 5.60 Å². The van der Waals surface area contributed by atoms with E-state index in [2.05, 4.69) is 20.5 Å². The summed E-state index contributed by atoms with van der Waals surface area (Å²) in [6.07, 6.45) is 1.46. The van der Waals surface area contributed by atoms with E-state index in [4.69, 9.17) is 14.2 Å². The Hall–Kier alpha value is -3.99. The Morgan fingerprint density at radius 2 is 1.69 bits per heavy atom. The standard InChI is InChI=1S/C28H38N6O5/c1-28(2,3)39-27(36)34-14-12-33(13-15-34)11-10-29-26(35)31-24-17-19-16-20(32(4)21(19)18-30-24)25-22(37-5)8-7-9-23(25)38-6/h7-9,16-18H,10-15H2,1-6H3,(H2,29,30,31,35). The van der Waals surface area contributed by atoms with E-state index in [0.29, 0.717) is 43.5 Å². The monoisotopic (exact) mass is 538 g/mol. The van der Waals surface area contributed by atoms with E-state index in [0.717, 1.165) is 35.2 Å². The molecule has 210 valence electrons. The topological polar surface area (TPSA) is 110 Å². The molecule has 3 amide bonds. The Balaban J connectivity index is 1.32. The lowest BCUT2D eigenvalue weighted by Gasteiger charge is -2.35. The first kappa shape index (κ1) is 28.0. The van der Waals surface area contributed by atoms with Crippen molar-refractivity contribution < 1.29 is 23.8 Å². The number of carbonyl (C=O) groups is 2. The Morgan fingerprint density at radius 1 is 1.03 bits per heavy atom. The van der Waals surface area contributed by atoms with Crippen molar-refractivity contribution in [3.8, 4) is 22.8 Å². The Morgan fingerprint density at radius 3 is 2.31 bits per heavy atom. The van der Waals surface area contributed by atoms with Crippen LogP contribution in [0.15, 0.2) is 36.5 Å². The van der Waals surface area contributed by atoms with E-state index in [1.165, 1.54) is 0 Å². The molecule has 1 aliphatic rings. The molecule has 4 rings (SSSR count). The predicted molar refractivity (Wildman–Crippen MR) is 151 cm³/mol. The molecule has 2 aromatic heterocycles. The Labute approximate surface area is 229 Å². The number of anilines is 1. The van der Waals surface area contributed by atoms with E-state index >= 15 is 0 Å². The summed E-state index contributed by atoms with van der Waals surface area (Å²) < 4.78 is 18.6. The molecule has 0 spiro atoms. The minimum atomic E-state index is -0.503. The number of carbonyl (C=O) groups excluding carboxylic acids is 2. The summed E-state index contributed by atoms with van der Waals surface area (Å²) in [6.45, 7) is 9.42. The van der Waals surface area contributed by atoms with E-state index in [1.807, 2.05) is 62.7 Å². The fraction of sp³-hybridized carbons (Fsp3) is 0.464. The molecule has 1 aliphatic heterocycles. The summed E-state index contributed by atoms with van der Waals surface area (Å²) in [4.78, 5) is 33.1. The molecule has 3 heterocycles. The Kier molecular flexibility index (Phi) is 8.49. The van der Waals surface area contributed by atoms with Gasteiger partial charge in [0.25, 0.3) is 0 Å². The zero-order valence-electron chi connectivity index (χ0n) is 23.5. The van der Waals surface area contributed by atoms with Crippen molar-refractivity contribution in [3.63, 3.8) is 0 Å². The van der Waals surface area contributed by atoms with Gasteiger partial charge in [0.2, 0.25) is 0 Å². The fourth-order valence-corrected chi connectivity index (χ4v) is 4.61. The number of aromatic nitrogens is 2. The Bertz CT molecular complexity index is 1300. The molecular weight excluding hydrogens is 500 g/mol. The molecule has 0 bridgehead atoms. The molecular formula is C28H38N6O5. The number of amides is 3. The average Bonchev–Trinajstić information content (AvgIpc) is 3.22. The minimum absolute atomic E-state index is 0.281. The van der Waals surface area contributed by atoms with Crippen LogP contribution in [0.2, 0.25) is 0 Å². The lowest BCUT2D eigenvalue weighted by atomic mass is 10.1. The molecule has 0 atom stereocenters. The van der Waals surface area contributed by atoms with Gasteiger partial charge < -0.3 is 29.0 Å². The molecule has 0 radical (unpaired) electrons. The number of methoxy groups -OCH3 is 2. The lowest BCUT2D eigenvalue weighted by molar-refractivity contribution is 0.0147. The summed E-state index contributed by atoms with van der Waals surface area (Å²) in [6, 6.07) is 9.22. The van der Waals surface area contributed by atoms with Crippen molar-refractivity contribution in [1.82, 2.24) is 24.7 Å². The van der Waals surface area contributed by atoms with Gasteiger partial charge in [0.05, 0.1) is 37.2 Å². The zero-order valence-corrected chi connectivity index (χ0v) is 23.5. The predicted octanol–water partition coefficient (Wildman–Crippen LogP) is 3.93. The van der Waals surface area contributed by atoms with Gasteiger partial charge in [-0.25, -0.2) is 14.6 Å². The molecule has 2 N–H and O–H groups in total. The number of rotatable bonds is 7. The number of urea groups is 1. The van der Waals surface area contributed by atoms with Gasteiger partial charge in [-0.15, -0.1) is 0 Å². The van der Waals surface area contributed by atoms with Crippen LogP contribution in [0.5, 0.6) is 11.5 Å². The summed E-state index contributed by atoms with van der Waals surface area (Å²) in [5.41, 5.74) is 2.17. The van der Waals surface area contributed by atoms with Gasteiger partial charge in [0.1, 0.15) is 22.9 Å². The third-order valence-electron chi connectivity index (χ3n) is 6.59. The highest BCUT2D eigenvalue weighted by atomic mass is 16.6. The minimum Gasteiger partial charge on any atom is -0.496 e. The number of pyridine rings is 1. The number of aryl methyl sites for hydroxylation is 1. The largest absolute Gasteiger partial charge is 0.496 e. The van der Waals surface area contributed by atoms with Crippen molar-refractivity contribution >= 4 is 28.8 Å². The van der Waals surface area contributed by atoms with Crippen molar-refractivity contribution in [2.24, 2.45) is 7.05 Å². The van der Waals surface area contributed by atoms with Crippen LogP contribution in [-0.2, 0) is 11.8 Å². The van der Waals surface area contributed by atoms with Crippen molar-refractivity contribution in [1.29, 1.82) is 0 Å². The van der Waals surface area contributed by atoms with Crippen LogP contribution in [0.25, 0.3) is 22.2 Å². The maximum atomic E-state index is 12.5. The van der Waals surface area contributed by atoms with E-state index in [-0.39, 0.29) is 12.1 Å². The average molecular weight is 539 g/mol. The van der Waals surface area contributed by atoms with Gasteiger partial charge in [-0.1, -0.05) is 6.07 Å². The van der Waals surface area contributed by atoms with Gasteiger partial charge in [-0.2, -0.15) is 0 Å². The molecule has 3 aromatic rings. The summed E-state index contributed by atoms with van der Waals surface area (Å²) in [5.74, 6) is 1.87. The second-order valence-corrected chi connectivity index (χ2v) is 10.4. The van der Waals surface area contributed by atoms with Gasteiger partial charge in [0, 0.05) is 51.7 Å². The van der Waals surface area contributed by atoms with Crippen molar-refractivity contribution in [2.45, 2.75) is 26.4 Å². The first-order chi connectivity index (χ1) is 18.6. The lowest BCUT2D eigenvalue weighted by Crippen LogP contribution is -2.51. The molecule has 0 aliphatic carbocycles. The number of nitrogens with zero attached hydrogens (tertiary/aromatic N) is 4. The highest BCUT2D eigenvalue weighted by Crippen LogP contribution is 2.40. The van der Waals surface area contributed by atoms with Gasteiger partial charge in [-0.05, 0) is 45.0 Å². The summed E-state index contributed by atoms with van der Waals surface area (Å²) >= 11 is 0. The molecule has 1 aromatic carbocycles. The van der Waals surface area contributed by atoms with Crippen LogP contribution in [0.4, 0.5) is 15.4 Å². The van der Waals surface area contributed by atoms with Gasteiger partial charge in [-0.3, -0.25) is 10.2 Å². The van der Waals surface area contributed by atoms with Gasteiger partial charge >= 0.3 is 12.1 Å². The van der Waals surface area contributed by atoms with Crippen LogP contribution < -0.4 is 20.1 Å². The molecule has 1 saturated heterocycles. The van der Waals surface area contributed by atoms with Crippen LogP contribution in [0, 0.1) is 0 Å². The molecule has 11 nitrogen and oxygen atoms in total. The summed E-state index contributed by atoms with van der Waals surface area (Å²) in [7, 11) is 5.22. The van der Waals surface area contributed by atoms with Gasteiger partial charge in [0.15, 0.2) is 0 Å². The highest BCUT2D eigenvalue weighted by molar-refractivity contribution is 5.94. The molecule has 0 unspecified atom stereocenters. The summed E-state index contributed by atoms with van der Waals surface area (Å²) in [5, 5.41) is 6.63. The number of nitrogens with one attached hydrogen (secondary N) is 2. The quantitative estimate of drug-likeness (QED) is 0.469. The van der Waals surface area contributed by atoms with E-state index in [9.17, 15) is 9.59 Å². The third-order valence-corrected chi connectivity index (χ3v) is 6.59. The van der Waals surface area contributed by atoms with Crippen LogP contribution in [0.3, 0.4) is 0 Å². The van der Waals surface area contributed by atoms with Crippen LogP contribution in [-0.4, -0.2) is 90.6 Å². The third kappa shape index (κ3) is 6.72. The second kappa shape index (κ2) is 11.8. The van der Waals surface area contributed by atoms with Crippen molar-refractivity contribution in [2.75, 3.05) is 58.8 Å². The zero-order chi connectivity index (χ0) is 28.2. The smallest absolute Gasteiger partial charge is 0.410 e. The molecule has 39 heavy (non-hydrogen) atoms. The number of hydrogen-bond acceptors (Lipinski definition) is 7. The van der Waals surface area contributed by atoms with Crippen LogP contribution >= 0.6 is 0 Å².